The van der Waals surface area contributed by atoms with Gasteiger partial charge in [-0.1, -0.05) is 0 Å². The smallest absolute Gasteiger partial charge is 0.122 e. The van der Waals surface area contributed by atoms with Gasteiger partial charge in [-0.05, 0) is 44.0 Å². The van der Waals surface area contributed by atoms with Gasteiger partial charge in [0.05, 0.1) is 6.61 Å². The maximum absolute atomic E-state index is 5.52. The van der Waals surface area contributed by atoms with E-state index in [9.17, 15) is 0 Å². The molecule has 0 bridgehead atoms. The molecule has 92 valence electrons. The lowest BCUT2D eigenvalue weighted by molar-refractivity contribution is 0.357. The largest absolute Gasteiger partial charge is 0.493 e. The second kappa shape index (κ2) is 3.91. The highest BCUT2D eigenvalue weighted by Gasteiger charge is 2.30. The Morgan fingerprint density at radius 3 is 3.06 bits per heavy atom. The molecule has 0 aromatic heterocycles. The first-order valence-electron chi connectivity index (χ1n) is 6.40. The summed E-state index contributed by atoms with van der Waals surface area (Å²) in [6.45, 7) is 6.38. The van der Waals surface area contributed by atoms with E-state index in [1.165, 1.54) is 17.7 Å². The van der Waals surface area contributed by atoms with Gasteiger partial charge in [0.1, 0.15) is 5.75 Å². The van der Waals surface area contributed by atoms with Crippen LogP contribution in [0, 0.1) is 0 Å². The molecule has 0 radical (unpaired) electrons. The minimum absolute atomic E-state index is 0.261. The molecule has 2 aliphatic heterocycles. The molecule has 1 aromatic rings. The van der Waals surface area contributed by atoms with Gasteiger partial charge < -0.3 is 15.4 Å². The van der Waals surface area contributed by atoms with Crippen molar-refractivity contribution in [3.8, 4) is 5.75 Å². The Bertz CT molecular complexity index is 428. The monoisotopic (exact) mass is 232 g/mol. The number of rotatable bonds is 2. The standard InChI is InChI=1S/C14H20N2O/c1-14(2)8-12(9-15-14)16-11-3-4-13-10(7-11)5-6-17-13/h3-4,7,12,15-16H,5-6,8-9H2,1-2H3. The highest BCUT2D eigenvalue weighted by molar-refractivity contribution is 5.53. The van der Waals surface area contributed by atoms with Gasteiger partial charge in [-0.15, -0.1) is 0 Å². The lowest BCUT2D eigenvalue weighted by Crippen LogP contribution is -2.31. The summed E-state index contributed by atoms with van der Waals surface area (Å²) in [6.07, 6.45) is 2.21. The fraction of sp³-hybridized carbons (Fsp3) is 0.571. The number of hydrogen-bond acceptors (Lipinski definition) is 3. The first kappa shape index (κ1) is 10.9. The summed E-state index contributed by atoms with van der Waals surface area (Å²) in [7, 11) is 0. The molecule has 3 rings (SSSR count). The molecule has 3 heteroatoms. The van der Waals surface area contributed by atoms with Crippen LogP contribution >= 0.6 is 0 Å². The zero-order chi connectivity index (χ0) is 11.9. The summed E-state index contributed by atoms with van der Waals surface area (Å²) in [5.74, 6) is 1.06. The number of anilines is 1. The molecule has 0 spiro atoms. The lowest BCUT2D eigenvalue weighted by Gasteiger charge is -2.18. The Labute approximate surface area is 103 Å². The Morgan fingerprint density at radius 1 is 1.41 bits per heavy atom. The number of hydrogen-bond donors (Lipinski definition) is 2. The summed E-state index contributed by atoms with van der Waals surface area (Å²) in [4.78, 5) is 0. The average molecular weight is 232 g/mol. The first-order valence-corrected chi connectivity index (χ1v) is 6.40. The molecule has 1 saturated heterocycles. The Morgan fingerprint density at radius 2 is 2.29 bits per heavy atom. The predicted molar refractivity (Wildman–Crippen MR) is 69.8 cm³/mol. The topological polar surface area (TPSA) is 33.3 Å². The van der Waals surface area contributed by atoms with Gasteiger partial charge in [0.2, 0.25) is 0 Å². The zero-order valence-corrected chi connectivity index (χ0v) is 10.5. The molecule has 2 heterocycles. The molecule has 1 fully saturated rings. The molecule has 0 amide bonds. The third-order valence-electron chi connectivity index (χ3n) is 3.64. The van der Waals surface area contributed by atoms with Gasteiger partial charge in [-0.3, -0.25) is 0 Å². The van der Waals surface area contributed by atoms with Crippen LogP contribution in [-0.4, -0.2) is 24.7 Å². The van der Waals surface area contributed by atoms with E-state index in [4.69, 9.17) is 4.74 Å². The Hall–Kier alpha value is -1.22. The van der Waals surface area contributed by atoms with Crippen molar-refractivity contribution < 1.29 is 4.74 Å². The molecule has 2 aliphatic rings. The average Bonchev–Trinajstić information content (AvgIpc) is 2.84. The van der Waals surface area contributed by atoms with E-state index < -0.39 is 0 Å². The maximum Gasteiger partial charge on any atom is 0.122 e. The lowest BCUT2D eigenvalue weighted by atomic mass is 10.0. The van der Waals surface area contributed by atoms with E-state index in [0.717, 1.165) is 25.3 Å². The predicted octanol–water partition coefficient (Wildman–Crippen LogP) is 2.17. The van der Waals surface area contributed by atoms with E-state index >= 15 is 0 Å². The van der Waals surface area contributed by atoms with Crippen molar-refractivity contribution in [1.29, 1.82) is 0 Å². The van der Waals surface area contributed by atoms with Gasteiger partial charge in [-0.2, -0.15) is 0 Å². The molecule has 1 aromatic carbocycles. The number of fused-ring (bicyclic) bond motifs is 1. The van der Waals surface area contributed by atoms with Crippen molar-refractivity contribution >= 4 is 5.69 Å². The number of ether oxygens (including phenoxy) is 1. The fourth-order valence-corrected chi connectivity index (χ4v) is 2.77. The molecule has 0 aliphatic carbocycles. The van der Waals surface area contributed by atoms with Crippen LogP contribution in [0.15, 0.2) is 18.2 Å². The zero-order valence-electron chi connectivity index (χ0n) is 10.5. The molecular formula is C14H20N2O. The molecule has 2 N–H and O–H groups in total. The maximum atomic E-state index is 5.52. The molecular weight excluding hydrogens is 212 g/mol. The highest BCUT2D eigenvalue weighted by atomic mass is 16.5. The Balaban J connectivity index is 1.70. The van der Waals surface area contributed by atoms with Gasteiger partial charge in [0.15, 0.2) is 0 Å². The third kappa shape index (κ3) is 2.25. The van der Waals surface area contributed by atoms with Gasteiger partial charge in [0, 0.05) is 30.2 Å². The van der Waals surface area contributed by atoms with Crippen molar-refractivity contribution in [2.24, 2.45) is 0 Å². The van der Waals surface area contributed by atoms with Gasteiger partial charge in [-0.25, -0.2) is 0 Å². The number of nitrogens with one attached hydrogen (secondary N) is 2. The summed E-state index contributed by atoms with van der Waals surface area (Å²) < 4.78 is 5.52. The van der Waals surface area contributed by atoms with E-state index in [1.54, 1.807) is 0 Å². The van der Waals surface area contributed by atoms with Crippen LogP contribution < -0.4 is 15.4 Å². The number of benzene rings is 1. The van der Waals surface area contributed by atoms with E-state index in [-0.39, 0.29) is 5.54 Å². The van der Waals surface area contributed by atoms with Crippen LogP contribution in [0.5, 0.6) is 5.75 Å². The minimum atomic E-state index is 0.261. The van der Waals surface area contributed by atoms with Crippen LogP contribution in [0.4, 0.5) is 5.69 Å². The van der Waals surface area contributed by atoms with Crippen LogP contribution in [0.2, 0.25) is 0 Å². The molecule has 1 atom stereocenters. The van der Waals surface area contributed by atoms with Crippen molar-refractivity contribution in [1.82, 2.24) is 5.32 Å². The second-order valence-electron chi connectivity index (χ2n) is 5.73. The molecule has 1 unspecified atom stereocenters. The van der Waals surface area contributed by atoms with Crippen molar-refractivity contribution in [3.05, 3.63) is 23.8 Å². The van der Waals surface area contributed by atoms with E-state index in [1.807, 2.05) is 0 Å². The summed E-state index contributed by atoms with van der Waals surface area (Å²) in [5, 5.41) is 7.14. The first-order chi connectivity index (χ1) is 8.12. The van der Waals surface area contributed by atoms with Crippen LogP contribution in [0.25, 0.3) is 0 Å². The quantitative estimate of drug-likeness (QED) is 0.820. The highest BCUT2D eigenvalue weighted by Crippen LogP contribution is 2.29. The van der Waals surface area contributed by atoms with Crippen LogP contribution in [0.3, 0.4) is 0 Å². The third-order valence-corrected chi connectivity index (χ3v) is 3.64. The van der Waals surface area contributed by atoms with Crippen LogP contribution in [-0.2, 0) is 6.42 Å². The van der Waals surface area contributed by atoms with Crippen molar-refractivity contribution in [3.63, 3.8) is 0 Å². The van der Waals surface area contributed by atoms with Crippen LogP contribution in [0.1, 0.15) is 25.8 Å². The minimum Gasteiger partial charge on any atom is -0.493 e. The van der Waals surface area contributed by atoms with E-state index in [2.05, 4.69) is 42.7 Å². The molecule has 3 nitrogen and oxygen atoms in total. The SMILES string of the molecule is CC1(C)CC(Nc2ccc3c(c2)CCO3)CN1. The summed E-state index contributed by atoms with van der Waals surface area (Å²) in [6, 6.07) is 6.96. The molecule has 17 heavy (non-hydrogen) atoms. The Kier molecular flexibility index (Phi) is 2.51. The van der Waals surface area contributed by atoms with Crippen molar-refractivity contribution in [2.75, 3.05) is 18.5 Å². The molecule has 0 saturated carbocycles. The second-order valence-corrected chi connectivity index (χ2v) is 5.73. The normalized spacial score (nSPS) is 25.4. The van der Waals surface area contributed by atoms with Gasteiger partial charge in [0.25, 0.3) is 0 Å². The van der Waals surface area contributed by atoms with E-state index in [0.29, 0.717) is 6.04 Å². The van der Waals surface area contributed by atoms with Gasteiger partial charge >= 0.3 is 0 Å². The summed E-state index contributed by atoms with van der Waals surface area (Å²) in [5.41, 5.74) is 2.82. The fourth-order valence-electron chi connectivity index (χ4n) is 2.77. The van der Waals surface area contributed by atoms with Crippen molar-refractivity contribution in [2.45, 2.75) is 38.3 Å². The summed E-state index contributed by atoms with van der Waals surface area (Å²) >= 11 is 0.